The van der Waals surface area contributed by atoms with Crippen LogP contribution in [0.25, 0.3) is 0 Å². The van der Waals surface area contributed by atoms with Gasteiger partial charge in [0.15, 0.2) is 4.34 Å². The topological polar surface area (TPSA) is 92.3 Å². The number of nitrogens with one attached hydrogen (secondary N) is 1. The van der Waals surface area contributed by atoms with Crippen molar-refractivity contribution in [3.8, 4) is 0 Å². The van der Waals surface area contributed by atoms with Gasteiger partial charge < -0.3 is 0 Å². The highest BCUT2D eigenvalue weighted by atomic mass is 35.5. The zero-order chi connectivity index (χ0) is 20.9. The summed E-state index contributed by atoms with van der Waals surface area (Å²) in [5, 5.41) is 10.4. The fraction of sp³-hybridized carbons (Fsp3) is 0.312. The zero-order valence-corrected chi connectivity index (χ0v) is 18.3. The van der Waals surface area contributed by atoms with E-state index in [0.29, 0.717) is 10.1 Å². The number of amides is 1. The van der Waals surface area contributed by atoms with E-state index in [-0.39, 0.29) is 22.3 Å². The summed E-state index contributed by atoms with van der Waals surface area (Å²) in [6.07, 6.45) is 2.86. The number of nitrogens with zero attached hydrogens (tertiary/aromatic N) is 3. The van der Waals surface area contributed by atoms with Crippen molar-refractivity contribution in [1.82, 2.24) is 10.2 Å². The molecule has 2 aromatic rings. The van der Waals surface area contributed by atoms with Gasteiger partial charge in [0.05, 0.1) is 17.0 Å². The van der Waals surface area contributed by atoms with Gasteiger partial charge in [-0.3, -0.25) is 14.4 Å². The summed E-state index contributed by atoms with van der Waals surface area (Å²) in [4.78, 5) is 12.8. The van der Waals surface area contributed by atoms with Gasteiger partial charge in [0.25, 0.3) is 0 Å². The molecule has 0 fully saturated rings. The minimum absolute atomic E-state index is 0.0930. The van der Waals surface area contributed by atoms with Crippen LogP contribution < -0.4 is 9.62 Å². The van der Waals surface area contributed by atoms with Crippen molar-refractivity contribution in [1.29, 1.82) is 0 Å². The zero-order valence-electron chi connectivity index (χ0n) is 15.1. The Morgan fingerprint density at radius 1 is 1.50 bits per heavy atom. The van der Waals surface area contributed by atoms with E-state index in [0.717, 1.165) is 16.6 Å². The van der Waals surface area contributed by atoms with Crippen molar-refractivity contribution in [2.24, 2.45) is 0 Å². The molecule has 0 bridgehead atoms. The second kappa shape index (κ2) is 9.68. The maximum absolute atomic E-state index is 13.5. The van der Waals surface area contributed by atoms with Gasteiger partial charge in [-0.1, -0.05) is 47.7 Å². The highest BCUT2D eigenvalue weighted by molar-refractivity contribution is 8.01. The predicted octanol–water partition coefficient (Wildman–Crippen LogP) is 3.79. The number of carbonyl (C=O) groups is 1. The first-order valence-corrected chi connectivity index (χ1v) is 12.0. The highest BCUT2D eigenvalue weighted by Gasteiger charge is 2.32. The fourth-order valence-electron chi connectivity index (χ4n) is 2.32. The molecular formula is C16H18ClFN4O3S3. The Balaban J connectivity index is 2.29. The number of sulfonamides is 1. The average Bonchev–Trinajstić information content (AvgIpc) is 3.06. The number of benzene rings is 1. The number of anilines is 2. The first-order chi connectivity index (χ1) is 13.2. The van der Waals surface area contributed by atoms with Crippen LogP contribution in [0.5, 0.6) is 0 Å². The van der Waals surface area contributed by atoms with E-state index < -0.39 is 27.8 Å². The van der Waals surface area contributed by atoms with Gasteiger partial charge in [-0.25, -0.2) is 12.8 Å². The number of hydrogen-bond donors (Lipinski definition) is 1. The van der Waals surface area contributed by atoms with Crippen LogP contribution in [-0.4, -0.2) is 42.6 Å². The lowest BCUT2D eigenvalue weighted by atomic mass is 10.2. The van der Waals surface area contributed by atoms with Gasteiger partial charge in [0.1, 0.15) is 11.9 Å². The third-order valence-electron chi connectivity index (χ3n) is 3.45. The van der Waals surface area contributed by atoms with E-state index in [1.807, 2.05) is 0 Å². The van der Waals surface area contributed by atoms with Gasteiger partial charge in [-0.15, -0.1) is 16.8 Å². The Morgan fingerprint density at radius 2 is 2.21 bits per heavy atom. The molecule has 0 radical (unpaired) electrons. The minimum atomic E-state index is -3.86. The molecule has 7 nitrogen and oxygen atoms in total. The van der Waals surface area contributed by atoms with Crippen molar-refractivity contribution in [2.45, 2.75) is 23.7 Å². The Hall–Kier alpha value is -1.69. The van der Waals surface area contributed by atoms with Crippen molar-refractivity contribution in [3.63, 3.8) is 0 Å². The summed E-state index contributed by atoms with van der Waals surface area (Å²) in [5.41, 5.74) is 0.0930. The van der Waals surface area contributed by atoms with Crippen LogP contribution >= 0.6 is 34.7 Å². The lowest BCUT2D eigenvalue weighted by molar-refractivity contribution is -0.117. The molecule has 1 heterocycles. The van der Waals surface area contributed by atoms with Gasteiger partial charge in [-0.05, 0) is 24.6 Å². The monoisotopic (exact) mass is 464 g/mol. The summed E-state index contributed by atoms with van der Waals surface area (Å²) in [6.45, 7) is 5.28. The molecule has 28 heavy (non-hydrogen) atoms. The Bertz CT molecular complexity index is 968. The first kappa shape index (κ1) is 22.6. The van der Waals surface area contributed by atoms with Crippen molar-refractivity contribution >= 4 is 61.4 Å². The summed E-state index contributed by atoms with van der Waals surface area (Å²) >= 11 is 8.37. The van der Waals surface area contributed by atoms with Crippen molar-refractivity contribution in [2.75, 3.05) is 21.6 Å². The standard InChI is InChI=1S/C16H18ClFN4O3S3/c1-4-8-26-16-21-20-15(27-16)19-14(23)13(5-2)22(28(3,24)25)10-6-7-12(18)11(17)9-10/h4,6-7,9,13H,1,5,8H2,2-3H3,(H,19,20,23)/t13-/m0/s1. The van der Waals surface area contributed by atoms with E-state index in [1.165, 1.54) is 35.2 Å². The smallest absolute Gasteiger partial charge is 0.250 e. The molecule has 1 aromatic carbocycles. The summed E-state index contributed by atoms with van der Waals surface area (Å²) in [6, 6.07) is 2.40. The molecule has 152 valence electrons. The van der Waals surface area contributed by atoms with Crippen LogP contribution in [0, 0.1) is 5.82 Å². The normalized spacial score (nSPS) is 12.4. The number of aromatic nitrogens is 2. The third kappa shape index (κ3) is 5.66. The van der Waals surface area contributed by atoms with Crippen LogP contribution in [-0.2, 0) is 14.8 Å². The van der Waals surface area contributed by atoms with Crippen LogP contribution in [0.1, 0.15) is 13.3 Å². The number of halogens is 2. The van der Waals surface area contributed by atoms with E-state index >= 15 is 0 Å². The molecule has 0 aliphatic heterocycles. The second-order valence-electron chi connectivity index (χ2n) is 5.54. The van der Waals surface area contributed by atoms with Gasteiger partial charge in [-0.2, -0.15) is 0 Å². The van der Waals surface area contributed by atoms with E-state index in [9.17, 15) is 17.6 Å². The lowest BCUT2D eigenvalue weighted by Crippen LogP contribution is -2.47. The first-order valence-electron chi connectivity index (χ1n) is 7.99. The number of thioether (sulfide) groups is 1. The minimum Gasteiger partial charge on any atom is -0.299 e. The molecule has 0 spiro atoms. The number of rotatable bonds is 9. The van der Waals surface area contributed by atoms with E-state index in [1.54, 1.807) is 13.0 Å². The third-order valence-corrected chi connectivity index (χ3v) is 6.89. The molecular weight excluding hydrogens is 447 g/mol. The molecule has 1 N–H and O–H groups in total. The number of hydrogen-bond acceptors (Lipinski definition) is 7. The molecule has 1 amide bonds. The van der Waals surface area contributed by atoms with E-state index in [2.05, 4.69) is 22.1 Å². The Labute approximate surface area is 176 Å². The van der Waals surface area contributed by atoms with Gasteiger partial charge >= 0.3 is 0 Å². The summed E-state index contributed by atoms with van der Waals surface area (Å²) < 4.78 is 39.8. The number of carbonyl (C=O) groups excluding carboxylic acids is 1. The maximum Gasteiger partial charge on any atom is 0.250 e. The molecule has 1 aromatic heterocycles. The summed E-state index contributed by atoms with van der Waals surface area (Å²) in [5.74, 6) is -0.618. The predicted molar refractivity (Wildman–Crippen MR) is 112 cm³/mol. The van der Waals surface area contributed by atoms with Crippen LogP contribution in [0.4, 0.5) is 15.2 Å². The molecule has 2 rings (SSSR count). The van der Waals surface area contributed by atoms with Crippen molar-refractivity contribution < 1.29 is 17.6 Å². The van der Waals surface area contributed by atoms with Gasteiger partial charge in [0.2, 0.25) is 21.1 Å². The molecule has 12 heteroatoms. The molecule has 1 atom stereocenters. The van der Waals surface area contributed by atoms with Crippen molar-refractivity contribution in [3.05, 3.63) is 41.7 Å². The Morgan fingerprint density at radius 3 is 2.79 bits per heavy atom. The Kier molecular flexibility index (Phi) is 7.81. The quantitative estimate of drug-likeness (QED) is 0.345. The average molecular weight is 465 g/mol. The van der Waals surface area contributed by atoms with Crippen LogP contribution in [0.3, 0.4) is 0 Å². The molecule has 0 unspecified atom stereocenters. The van der Waals surface area contributed by atoms with Crippen LogP contribution in [0.2, 0.25) is 5.02 Å². The van der Waals surface area contributed by atoms with Gasteiger partial charge in [0, 0.05) is 5.75 Å². The molecule has 0 aliphatic carbocycles. The van der Waals surface area contributed by atoms with Crippen LogP contribution in [0.15, 0.2) is 35.2 Å². The maximum atomic E-state index is 13.5. The molecule has 0 aliphatic rings. The highest BCUT2D eigenvalue weighted by Crippen LogP contribution is 2.29. The fourth-order valence-corrected chi connectivity index (χ4v) is 5.21. The second-order valence-corrected chi connectivity index (χ2v) is 10.1. The molecule has 0 saturated heterocycles. The largest absolute Gasteiger partial charge is 0.299 e. The lowest BCUT2D eigenvalue weighted by Gasteiger charge is -2.29. The SMILES string of the molecule is C=CCSc1nnc(NC(=O)[C@H](CC)N(c2ccc(F)c(Cl)c2)S(C)(=O)=O)s1. The van der Waals surface area contributed by atoms with E-state index in [4.69, 9.17) is 11.6 Å². The molecule has 0 saturated carbocycles. The summed E-state index contributed by atoms with van der Waals surface area (Å²) in [7, 11) is -3.86.